The quantitative estimate of drug-likeness (QED) is 0.648. The molecule has 2 aromatic heterocycles. The second kappa shape index (κ2) is 9.53. The van der Waals surface area contributed by atoms with Gasteiger partial charge in [-0.1, -0.05) is 6.92 Å². The number of halogens is 1. The van der Waals surface area contributed by atoms with Crippen molar-refractivity contribution in [2.45, 2.75) is 19.4 Å². The van der Waals surface area contributed by atoms with Crippen molar-refractivity contribution in [2.24, 2.45) is 11.7 Å². The molecule has 1 aliphatic rings. The van der Waals surface area contributed by atoms with Gasteiger partial charge in [0.05, 0.1) is 21.5 Å². The first-order chi connectivity index (χ1) is 13.8. The highest BCUT2D eigenvalue weighted by Crippen LogP contribution is 2.22. The third kappa shape index (κ3) is 5.45. The van der Waals surface area contributed by atoms with Gasteiger partial charge in [0.2, 0.25) is 11.8 Å². The average Bonchev–Trinajstić information content (AvgIpc) is 2.69. The van der Waals surface area contributed by atoms with E-state index in [1.807, 2.05) is 6.07 Å². The van der Waals surface area contributed by atoms with Gasteiger partial charge in [-0.15, -0.1) is 11.8 Å². The van der Waals surface area contributed by atoms with Gasteiger partial charge in [0.25, 0.3) is 5.91 Å². The molecule has 0 aromatic carbocycles. The fraction of sp³-hybridized carbons (Fsp3) is 0.421. The van der Waals surface area contributed by atoms with Gasteiger partial charge in [-0.05, 0) is 40.4 Å². The number of nitrogens with two attached hydrogens (primary N) is 1. The highest BCUT2D eigenvalue weighted by Gasteiger charge is 2.30. The van der Waals surface area contributed by atoms with Crippen LogP contribution in [0.4, 0.5) is 0 Å². The second-order valence-corrected chi connectivity index (χ2v) is 8.87. The number of hydrogen-bond donors (Lipinski definition) is 2. The maximum Gasteiger partial charge on any atom is 0.270 e. The van der Waals surface area contributed by atoms with Crippen LogP contribution in [0.1, 0.15) is 23.8 Å². The molecule has 2 unspecified atom stereocenters. The van der Waals surface area contributed by atoms with Gasteiger partial charge < -0.3 is 16.0 Å². The number of carbonyl (C=O) groups is 3. The lowest BCUT2D eigenvalue weighted by Crippen LogP contribution is -2.53. The Kier molecular flexibility index (Phi) is 7.07. The van der Waals surface area contributed by atoms with E-state index in [1.165, 1.54) is 11.8 Å². The van der Waals surface area contributed by atoms with Crippen LogP contribution < -0.4 is 11.1 Å². The maximum absolute atomic E-state index is 12.8. The van der Waals surface area contributed by atoms with Crippen molar-refractivity contribution in [1.29, 1.82) is 0 Å². The molecule has 2 atom stereocenters. The molecule has 0 bridgehead atoms. The predicted octanol–water partition coefficient (Wildman–Crippen LogP) is 1.58. The number of aromatic nitrogens is 2. The van der Waals surface area contributed by atoms with Crippen molar-refractivity contribution in [1.82, 2.24) is 20.2 Å². The molecular formula is C19H22BrN5O3S. The van der Waals surface area contributed by atoms with Crippen LogP contribution in [0.15, 0.2) is 29.0 Å². The van der Waals surface area contributed by atoms with Gasteiger partial charge in [0, 0.05) is 36.9 Å². The lowest BCUT2D eigenvalue weighted by molar-refractivity contribution is -0.130. The van der Waals surface area contributed by atoms with E-state index in [1.54, 1.807) is 23.4 Å². The monoisotopic (exact) mass is 479 g/mol. The number of fused-ring (bicyclic) bond motifs is 1. The van der Waals surface area contributed by atoms with Crippen LogP contribution in [0, 0.1) is 5.92 Å². The Bertz CT molecular complexity index is 941. The molecule has 8 nitrogen and oxygen atoms in total. The normalized spacial score (nSPS) is 19.2. The average molecular weight is 480 g/mol. The lowest BCUT2D eigenvalue weighted by atomic mass is 9.93. The van der Waals surface area contributed by atoms with Crippen molar-refractivity contribution in [3.05, 3.63) is 34.7 Å². The molecule has 0 spiro atoms. The number of likely N-dealkylation sites (tertiary alicyclic amines) is 1. The van der Waals surface area contributed by atoms with Gasteiger partial charge >= 0.3 is 0 Å². The van der Waals surface area contributed by atoms with Crippen LogP contribution in [-0.4, -0.2) is 63.2 Å². The number of carbonyl (C=O) groups excluding carboxylic acids is 3. The number of piperidine rings is 1. The zero-order valence-corrected chi connectivity index (χ0v) is 18.3. The van der Waals surface area contributed by atoms with Crippen LogP contribution in [0.25, 0.3) is 10.9 Å². The molecule has 1 aliphatic heterocycles. The summed E-state index contributed by atoms with van der Waals surface area (Å²) in [6.07, 6.45) is 4.12. The van der Waals surface area contributed by atoms with Crippen molar-refractivity contribution >= 4 is 56.3 Å². The zero-order valence-electron chi connectivity index (χ0n) is 15.9. The van der Waals surface area contributed by atoms with E-state index >= 15 is 0 Å². The molecule has 1 fully saturated rings. The van der Waals surface area contributed by atoms with Gasteiger partial charge in [-0.2, -0.15) is 0 Å². The molecule has 1 saturated heterocycles. The first-order valence-corrected chi connectivity index (χ1v) is 11.1. The molecule has 3 heterocycles. The molecule has 0 radical (unpaired) electrons. The summed E-state index contributed by atoms with van der Waals surface area (Å²) in [7, 11) is 0. The summed E-state index contributed by atoms with van der Waals surface area (Å²) >= 11 is 4.62. The van der Waals surface area contributed by atoms with Crippen LogP contribution in [0.3, 0.4) is 0 Å². The standard InChI is InChI=1S/C19H22BrN5O3S/c1-11-4-5-25(17(27)10-29-9-16(21)26)8-15(11)24-19(28)14-3-2-12-6-22-7-13(20)18(12)23-14/h2-3,6-7,11,15H,4-5,8-10H2,1H3,(H2,21,26)(H,24,28). The number of nitrogens with zero attached hydrogens (tertiary/aromatic N) is 3. The Morgan fingerprint density at radius 3 is 2.86 bits per heavy atom. The minimum absolute atomic E-state index is 0.0531. The summed E-state index contributed by atoms with van der Waals surface area (Å²) in [6.45, 7) is 3.13. The van der Waals surface area contributed by atoms with Crippen LogP contribution in [0.5, 0.6) is 0 Å². The van der Waals surface area contributed by atoms with Crippen LogP contribution in [0.2, 0.25) is 0 Å². The van der Waals surface area contributed by atoms with E-state index in [2.05, 4.69) is 38.1 Å². The van der Waals surface area contributed by atoms with E-state index in [-0.39, 0.29) is 35.3 Å². The second-order valence-electron chi connectivity index (χ2n) is 7.03. The minimum Gasteiger partial charge on any atom is -0.369 e. The van der Waals surface area contributed by atoms with Crippen molar-refractivity contribution in [3.8, 4) is 0 Å². The fourth-order valence-corrected chi connectivity index (χ4v) is 4.29. The SMILES string of the molecule is CC1CCN(C(=O)CSCC(N)=O)CC1NC(=O)c1ccc2cncc(Br)c2n1. The maximum atomic E-state index is 12.8. The molecular weight excluding hydrogens is 458 g/mol. The van der Waals surface area contributed by atoms with Crippen LogP contribution >= 0.6 is 27.7 Å². The largest absolute Gasteiger partial charge is 0.369 e. The smallest absolute Gasteiger partial charge is 0.270 e. The van der Waals surface area contributed by atoms with E-state index in [9.17, 15) is 14.4 Å². The topological polar surface area (TPSA) is 118 Å². The summed E-state index contributed by atoms with van der Waals surface area (Å²) in [6, 6.07) is 3.31. The molecule has 0 aliphatic carbocycles. The molecule has 0 saturated carbocycles. The lowest BCUT2D eigenvalue weighted by Gasteiger charge is -2.37. The fourth-order valence-electron chi connectivity index (χ4n) is 3.19. The number of primary amides is 1. The molecule has 3 rings (SSSR count). The molecule has 3 amide bonds. The van der Waals surface area contributed by atoms with E-state index in [0.29, 0.717) is 24.3 Å². The summed E-state index contributed by atoms with van der Waals surface area (Å²) in [5.74, 6) is -0.211. The molecule has 29 heavy (non-hydrogen) atoms. The first kappa shape index (κ1) is 21.5. The molecule has 154 valence electrons. The Morgan fingerprint density at radius 2 is 2.10 bits per heavy atom. The highest BCUT2D eigenvalue weighted by molar-refractivity contribution is 9.10. The highest BCUT2D eigenvalue weighted by atomic mass is 79.9. The molecule has 2 aromatic rings. The van der Waals surface area contributed by atoms with Gasteiger partial charge in [-0.3, -0.25) is 19.4 Å². The van der Waals surface area contributed by atoms with E-state index in [4.69, 9.17) is 5.73 Å². The summed E-state index contributed by atoms with van der Waals surface area (Å²) in [5, 5.41) is 3.86. The summed E-state index contributed by atoms with van der Waals surface area (Å²) in [5.41, 5.74) is 6.10. The molecule has 10 heteroatoms. The van der Waals surface area contributed by atoms with Crippen molar-refractivity contribution in [3.63, 3.8) is 0 Å². The van der Waals surface area contributed by atoms with E-state index < -0.39 is 5.91 Å². The van der Waals surface area contributed by atoms with Gasteiger partial charge in [0.15, 0.2) is 0 Å². The Hall–Kier alpha value is -2.20. The first-order valence-electron chi connectivity index (χ1n) is 9.20. The Labute approximate surface area is 181 Å². The zero-order chi connectivity index (χ0) is 21.0. The third-order valence-electron chi connectivity index (χ3n) is 4.88. The number of nitrogens with one attached hydrogen (secondary N) is 1. The number of thioether (sulfide) groups is 1. The summed E-state index contributed by atoms with van der Waals surface area (Å²) in [4.78, 5) is 46.3. The third-order valence-corrected chi connectivity index (χ3v) is 6.40. The number of hydrogen-bond acceptors (Lipinski definition) is 6. The predicted molar refractivity (Wildman–Crippen MR) is 115 cm³/mol. The summed E-state index contributed by atoms with van der Waals surface area (Å²) < 4.78 is 0.723. The number of amides is 3. The van der Waals surface area contributed by atoms with E-state index in [0.717, 1.165) is 16.3 Å². The van der Waals surface area contributed by atoms with Crippen LogP contribution in [-0.2, 0) is 9.59 Å². The number of pyridine rings is 2. The Balaban J connectivity index is 1.65. The minimum atomic E-state index is -0.439. The molecule has 3 N–H and O–H groups in total. The van der Waals surface area contributed by atoms with Gasteiger partial charge in [0.1, 0.15) is 5.69 Å². The number of rotatable bonds is 6. The Morgan fingerprint density at radius 1 is 1.31 bits per heavy atom. The van der Waals surface area contributed by atoms with Crippen molar-refractivity contribution in [2.75, 3.05) is 24.6 Å². The van der Waals surface area contributed by atoms with Crippen molar-refractivity contribution < 1.29 is 14.4 Å². The van der Waals surface area contributed by atoms with Gasteiger partial charge in [-0.25, -0.2) is 4.98 Å².